The van der Waals surface area contributed by atoms with Crippen LogP contribution in [0.3, 0.4) is 0 Å². The summed E-state index contributed by atoms with van der Waals surface area (Å²) in [7, 11) is 0. The summed E-state index contributed by atoms with van der Waals surface area (Å²) in [6.45, 7) is 5.09. The van der Waals surface area contributed by atoms with Crippen molar-refractivity contribution in [3.8, 4) is 0 Å². The number of piperazine rings is 1. The number of nitrogens with one attached hydrogen (secondary N) is 1. The molecule has 5 heteroatoms. The molecule has 4 saturated carbocycles. The zero-order valence-corrected chi connectivity index (χ0v) is 18.7. The lowest BCUT2D eigenvalue weighted by Crippen LogP contribution is -2.53. The van der Waals surface area contributed by atoms with Gasteiger partial charge in [0.25, 0.3) is 0 Å². The number of carbonyl (C=O) groups excluding carboxylic acids is 2. The second-order valence-electron chi connectivity index (χ2n) is 10.7. The molecule has 5 fully saturated rings. The molecule has 1 aromatic rings. The molecule has 1 aliphatic heterocycles. The molecule has 0 unspecified atom stereocenters. The number of nitrogens with zero attached hydrogens (tertiary/aromatic N) is 2. The van der Waals surface area contributed by atoms with E-state index in [1.807, 2.05) is 11.0 Å². The molecule has 0 spiro atoms. The highest BCUT2D eigenvalue weighted by atomic mass is 16.2. The van der Waals surface area contributed by atoms with Crippen molar-refractivity contribution < 1.29 is 9.59 Å². The van der Waals surface area contributed by atoms with Crippen molar-refractivity contribution in [1.29, 1.82) is 0 Å². The average molecular weight is 424 g/mol. The number of rotatable bonds is 7. The third kappa shape index (κ3) is 4.67. The molecule has 168 valence electrons. The first-order valence-electron chi connectivity index (χ1n) is 12.4. The third-order valence-electron chi connectivity index (χ3n) is 8.35. The predicted octanol–water partition coefficient (Wildman–Crippen LogP) is 3.44. The van der Waals surface area contributed by atoms with Crippen LogP contribution in [-0.2, 0) is 16.1 Å². The largest absolute Gasteiger partial charge is 0.356 e. The monoisotopic (exact) mass is 423 g/mol. The topological polar surface area (TPSA) is 52.7 Å². The molecule has 1 N–H and O–H groups in total. The molecule has 5 aliphatic rings. The lowest BCUT2D eigenvalue weighted by Gasteiger charge is -2.55. The van der Waals surface area contributed by atoms with Gasteiger partial charge in [0.15, 0.2) is 0 Å². The number of benzene rings is 1. The van der Waals surface area contributed by atoms with E-state index in [2.05, 4.69) is 34.5 Å². The number of hydrogen-bond acceptors (Lipinski definition) is 3. The van der Waals surface area contributed by atoms with E-state index >= 15 is 0 Å². The van der Waals surface area contributed by atoms with Gasteiger partial charge >= 0.3 is 0 Å². The van der Waals surface area contributed by atoms with Crippen molar-refractivity contribution in [2.45, 2.75) is 57.9 Å². The van der Waals surface area contributed by atoms with Crippen molar-refractivity contribution in [3.63, 3.8) is 0 Å². The average Bonchev–Trinajstić information content (AvgIpc) is 2.77. The molecule has 31 heavy (non-hydrogen) atoms. The van der Waals surface area contributed by atoms with Gasteiger partial charge in [-0.15, -0.1) is 0 Å². The van der Waals surface area contributed by atoms with Gasteiger partial charge in [0.2, 0.25) is 11.8 Å². The predicted molar refractivity (Wildman–Crippen MR) is 121 cm³/mol. The van der Waals surface area contributed by atoms with E-state index in [0.29, 0.717) is 13.0 Å². The first-order valence-corrected chi connectivity index (χ1v) is 12.4. The van der Waals surface area contributed by atoms with Crippen LogP contribution < -0.4 is 5.32 Å². The highest BCUT2D eigenvalue weighted by Crippen LogP contribution is 2.60. The maximum Gasteiger partial charge on any atom is 0.226 e. The quantitative estimate of drug-likeness (QED) is 0.684. The molecule has 2 amide bonds. The highest BCUT2D eigenvalue weighted by Gasteiger charge is 2.54. The highest BCUT2D eigenvalue weighted by molar-refractivity contribution is 5.83. The summed E-state index contributed by atoms with van der Waals surface area (Å²) in [5, 5.41) is 3.21. The Hall–Kier alpha value is -1.88. The maximum absolute atomic E-state index is 13.0. The Labute approximate surface area is 186 Å². The van der Waals surface area contributed by atoms with E-state index < -0.39 is 0 Å². The first-order chi connectivity index (χ1) is 15.1. The van der Waals surface area contributed by atoms with Crippen LogP contribution >= 0.6 is 0 Å². The zero-order valence-electron chi connectivity index (χ0n) is 18.7. The van der Waals surface area contributed by atoms with Crippen LogP contribution in [0.2, 0.25) is 0 Å². The molecule has 0 atom stereocenters. The van der Waals surface area contributed by atoms with Crippen molar-refractivity contribution >= 4 is 11.8 Å². The van der Waals surface area contributed by atoms with Crippen LogP contribution in [0.5, 0.6) is 0 Å². The van der Waals surface area contributed by atoms with Crippen LogP contribution in [0.1, 0.15) is 56.9 Å². The summed E-state index contributed by atoms with van der Waals surface area (Å²) < 4.78 is 0. The van der Waals surface area contributed by atoms with Gasteiger partial charge in [-0.2, -0.15) is 0 Å². The molecule has 5 nitrogen and oxygen atoms in total. The summed E-state index contributed by atoms with van der Waals surface area (Å²) in [4.78, 5) is 30.1. The van der Waals surface area contributed by atoms with Crippen molar-refractivity contribution in [3.05, 3.63) is 35.9 Å². The lowest BCUT2D eigenvalue weighted by molar-refractivity contribution is -0.146. The Balaban J connectivity index is 1.01. The Morgan fingerprint density at radius 3 is 2.13 bits per heavy atom. The van der Waals surface area contributed by atoms with Gasteiger partial charge < -0.3 is 10.2 Å². The van der Waals surface area contributed by atoms with Crippen molar-refractivity contribution in [2.75, 3.05) is 32.7 Å². The van der Waals surface area contributed by atoms with Crippen molar-refractivity contribution in [2.24, 2.45) is 23.2 Å². The third-order valence-corrected chi connectivity index (χ3v) is 8.35. The normalized spacial score (nSPS) is 32.3. The molecule has 1 saturated heterocycles. The Bertz CT molecular complexity index is 750. The fourth-order valence-corrected chi connectivity index (χ4v) is 7.17. The van der Waals surface area contributed by atoms with E-state index in [9.17, 15) is 9.59 Å². The van der Waals surface area contributed by atoms with Gasteiger partial charge in [-0.1, -0.05) is 30.3 Å². The standard InChI is InChI=1S/C26H37N3O2/c30-24(29-11-9-28(10-12-29)19-20-5-2-1-3-6-20)7-4-8-27-25(31)26-16-21-13-22(17-26)15-23(14-21)18-26/h1-3,5-6,21-23H,4,7-19H2,(H,27,31). The molecule has 0 radical (unpaired) electrons. The molecule has 1 heterocycles. The fraction of sp³-hybridized carbons (Fsp3) is 0.692. The number of hydrogen-bond donors (Lipinski definition) is 1. The summed E-state index contributed by atoms with van der Waals surface area (Å²) in [5.74, 6) is 2.90. The van der Waals surface area contributed by atoms with Gasteiger partial charge in [0.1, 0.15) is 0 Å². The van der Waals surface area contributed by atoms with E-state index in [1.54, 1.807) is 0 Å². The van der Waals surface area contributed by atoms with Crippen LogP contribution in [-0.4, -0.2) is 54.3 Å². The van der Waals surface area contributed by atoms with E-state index in [0.717, 1.165) is 76.2 Å². The minimum Gasteiger partial charge on any atom is -0.356 e. The molecule has 4 aliphatic carbocycles. The fourth-order valence-electron chi connectivity index (χ4n) is 7.17. The molecular formula is C26H37N3O2. The number of carbonyl (C=O) groups is 2. The minimum atomic E-state index is -0.0756. The van der Waals surface area contributed by atoms with Gasteiger partial charge in [0, 0.05) is 51.1 Å². The Kier molecular flexibility index (Phi) is 6.05. The van der Waals surface area contributed by atoms with Gasteiger partial charge in [0.05, 0.1) is 0 Å². The molecule has 4 bridgehead atoms. The van der Waals surface area contributed by atoms with Gasteiger partial charge in [-0.3, -0.25) is 14.5 Å². The number of amides is 2. The summed E-state index contributed by atoms with van der Waals surface area (Å²) >= 11 is 0. The molecule has 1 aromatic carbocycles. The smallest absolute Gasteiger partial charge is 0.226 e. The van der Waals surface area contributed by atoms with Gasteiger partial charge in [-0.05, 0) is 68.3 Å². The molecular weight excluding hydrogens is 386 g/mol. The Morgan fingerprint density at radius 1 is 0.903 bits per heavy atom. The SMILES string of the molecule is O=C(CCCNC(=O)C12CC3CC(CC(C3)C1)C2)N1CCN(Cc2ccccc2)CC1. The van der Waals surface area contributed by atoms with Crippen LogP contribution in [0.15, 0.2) is 30.3 Å². The van der Waals surface area contributed by atoms with Gasteiger partial charge in [-0.25, -0.2) is 0 Å². The summed E-state index contributed by atoms with van der Waals surface area (Å²) in [6, 6.07) is 10.5. The van der Waals surface area contributed by atoms with Crippen LogP contribution in [0.25, 0.3) is 0 Å². The Morgan fingerprint density at radius 2 is 1.52 bits per heavy atom. The van der Waals surface area contributed by atoms with Crippen molar-refractivity contribution in [1.82, 2.24) is 15.1 Å². The van der Waals surface area contributed by atoms with Crippen LogP contribution in [0.4, 0.5) is 0 Å². The lowest BCUT2D eigenvalue weighted by atomic mass is 9.49. The molecule has 6 rings (SSSR count). The van der Waals surface area contributed by atoms with E-state index in [1.165, 1.54) is 24.8 Å². The van der Waals surface area contributed by atoms with Crippen LogP contribution in [0, 0.1) is 23.2 Å². The van der Waals surface area contributed by atoms with E-state index in [-0.39, 0.29) is 17.2 Å². The van der Waals surface area contributed by atoms with E-state index in [4.69, 9.17) is 0 Å². The zero-order chi connectivity index (χ0) is 21.3. The molecule has 0 aromatic heterocycles. The second kappa shape index (κ2) is 8.93. The minimum absolute atomic E-state index is 0.0756. The summed E-state index contributed by atoms with van der Waals surface area (Å²) in [5.41, 5.74) is 1.26. The summed E-state index contributed by atoms with van der Waals surface area (Å²) in [6.07, 6.45) is 8.70. The first kappa shape index (κ1) is 21.0. The maximum atomic E-state index is 13.0. The second-order valence-corrected chi connectivity index (χ2v) is 10.7.